The molecule has 0 aromatic heterocycles. The highest BCUT2D eigenvalue weighted by Crippen LogP contribution is 2.29. The van der Waals surface area contributed by atoms with Crippen LogP contribution in [0.15, 0.2) is 30.3 Å². The second-order valence-corrected chi connectivity index (χ2v) is 13.9. The van der Waals surface area contributed by atoms with Crippen molar-refractivity contribution < 1.29 is 44.0 Å². The number of carbonyl (C=O) groups excluding carboxylic acids is 2. The van der Waals surface area contributed by atoms with E-state index in [1.54, 1.807) is 46.4 Å². The fraction of sp³-hybridized carbons (Fsp3) is 0.656. The van der Waals surface area contributed by atoms with Gasteiger partial charge < -0.3 is 34.8 Å². The van der Waals surface area contributed by atoms with Crippen LogP contribution >= 0.6 is 0 Å². The summed E-state index contributed by atoms with van der Waals surface area (Å²) in [5.74, 6) is -3.84. The number of amides is 3. The number of carbonyl (C=O) groups is 5. The van der Waals surface area contributed by atoms with Crippen LogP contribution in [0.5, 0.6) is 0 Å². The van der Waals surface area contributed by atoms with E-state index in [1.165, 1.54) is 4.90 Å². The number of benzene rings is 1. The Morgan fingerprint density at radius 2 is 1.18 bits per heavy atom. The number of nitrogens with zero attached hydrogens (tertiary/aromatic N) is 3. The predicted molar refractivity (Wildman–Crippen MR) is 165 cm³/mol. The summed E-state index contributed by atoms with van der Waals surface area (Å²) in [5, 5.41) is 29.4. The zero-order valence-electron chi connectivity index (χ0n) is 27.6. The molecule has 1 aromatic carbocycles. The van der Waals surface area contributed by atoms with Crippen molar-refractivity contribution in [2.45, 2.75) is 130 Å². The predicted octanol–water partition coefficient (Wildman–Crippen LogP) is 5.69. The zero-order valence-corrected chi connectivity index (χ0v) is 27.6. The summed E-state index contributed by atoms with van der Waals surface area (Å²) < 4.78 is 5.53. The van der Waals surface area contributed by atoms with E-state index in [0.29, 0.717) is 12.8 Å². The van der Waals surface area contributed by atoms with Crippen LogP contribution in [0.2, 0.25) is 0 Å². The normalized spacial score (nSPS) is 13.4. The van der Waals surface area contributed by atoms with Gasteiger partial charge >= 0.3 is 30.0 Å². The monoisotopic (exact) mass is 621 g/mol. The molecule has 0 aliphatic rings. The lowest BCUT2D eigenvalue weighted by Gasteiger charge is -2.48. The number of ether oxygens (including phenoxy) is 1. The average molecular weight is 622 g/mol. The third-order valence-corrected chi connectivity index (χ3v) is 7.03. The lowest BCUT2D eigenvalue weighted by atomic mass is 9.96. The second-order valence-electron chi connectivity index (χ2n) is 13.9. The molecular formula is C32H51N3O9. The first-order valence-corrected chi connectivity index (χ1v) is 14.9. The van der Waals surface area contributed by atoms with E-state index in [0.717, 1.165) is 10.5 Å². The topological polar surface area (TPSA) is 165 Å². The molecule has 248 valence electrons. The number of aliphatic carboxylic acids is 3. The highest BCUT2D eigenvalue weighted by Gasteiger charge is 2.46. The number of hydrogen-bond acceptors (Lipinski definition) is 6. The van der Waals surface area contributed by atoms with Gasteiger partial charge in [-0.3, -0.25) is 4.79 Å². The molecule has 0 spiro atoms. The number of rotatable bonds is 14. The molecule has 0 radical (unpaired) electrons. The average Bonchev–Trinajstić information content (AvgIpc) is 2.86. The lowest BCUT2D eigenvalue weighted by Crippen LogP contribution is -2.65. The zero-order chi connectivity index (χ0) is 34.0. The minimum absolute atomic E-state index is 0.0419. The Morgan fingerprint density at radius 1 is 0.705 bits per heavy atom. The summed E-state index contributed by atoms with van der Waals surface area (Å²) in [6, 6.07) is 5.69. The van der Waals surface area contributed by atoms with Gasteiger partial charge in [0.2, 0.25) is 0 Å². The molecule has 12 nitrogen and oxygen atoms in total. The second kappa shape index (κ2) is 15.8. The third kappa shape index (κ3) is 11.7. The van der Waals surface area contributed by atoms with E-state index in [9.17, 15) is 39.3 Å². The molecule has 0 fully saturated rings. The number of urea groups is 1. The summed E-state index contributed by atoms with van der Waals surface area (Å²) in [4.78, 5) is 67.0. The van der Waals surface area contributed by atoms with E-state index >= 15 is 0 Å². The minimum Gasteiger partial charge on any atom is -0.481 e. The van der Waals surface area contributed by atoms with Crippen molar-refractivity contribution in [2.24, 2.45) is 0 Å². The van der Waals surface area contributed by atoms with Gasteiger partial charge in [-0.2, -0.15) is 0 Å². The summed E-state index contributed by atoms with van der Waals surface area (Å²) in [6.07, 6.45) is -0.511. The maximum atomic E-state index is 14.1. The molecule has 0 saturated heterocycles. The number of hydrogen-bond donors (Lipinski definition) is 3. The maximum absolute atomic E-state index is 14.1. The highest BCUT2D eigenvalue weighted by molar-refractivity contribution is 5.87. The maximum Gasteiger partial charge on any atom is 0.410 e. The molecular weight excluding hydrogens is 570 g/mol. The standard InChI is InChI=1S/C32H51N3O9/c1-30(2,3)33(29(43)44-21-22-15-11-10-12-16-22)20-14-13-17-23(26(38)39)34(31(4,5)6)28(42)35(32(7,8)9)24(27(40)41)18-19-25(36)37/h10-12,15-16,23-24H,13-14,17-21H2,1-9H3,(H,36,37)(H,38,39)(H,40,41)/t23-,24-/m0/s1. The highest BCUT2D eigenvalue weighted by atomic mass is 16.6. The van der Waals surface area contributed by atoms with Crippen LogP contribution in [-0.2, 0) is 25.7 Å². The van der Waals surface area contributed by atoms with Crippen LogP contribution in [0.4, 0.5) is 9.59 Å². The third-order valence-electron chi connectivity index (χ3n) is 7.03. The van der Waals surface area contributed by atoms with Crippen molar-refractivity contribution >= 4 is 30.0 Å². The number of carboxylic acid groups (broad SMARTS) is 3. The first-order valence-electron chi connectivity index (χ1n) is 14.9. The molecule has 0 heterocycles. The van der Waals surface area contributed by atoms with Gasteiger partial charge in [-0.05, 0) is 93.6 Å². The molecule has 0 saturated carbocycles. The molecule has 3 amide bonds. The summed E-state index contributed by atoms with van der Waals surface area (Å²) >= 11 is 0. The van der Waals surface area contributed by atoms with E-state index in [1.807, 2.05) is 51.1 Å². The summed E-state index contributed by atoms with van der Waals surface area (Å²) in [5.41, 5.74) is -1.82. The van der Waals surface area contributed by atoms with Gasteiger partial charge in [0.15, 0.2) is 0 Å². The van der Waals surface area contributed by atoms with Crippen molar-refractivity contribution in [1.29, 1.82) is 0 Å². The molecule has 0 aliphatic heterocycles. The molecule has 1 rings (SSSR count). The van der Waals surface area contributed by atoms with Crippen LogP contribution in [0, 0.1) is 0 Å². The van der Waals surface area contributed by atoms with E-state index in [4.69, 9.17) is 4.74 Å². The first kappa shape index (κ1) is 38.2. The smallest absolute Gasteiger partial charge is 0.410 e. The summed E-state index contributed by atoms with van der Waals surface area (Å²) in [6.45, 7) is 15.9. The van der Waals surface area contributed by atoms with E-state index < -0.39 is 65.2 Å². The fourth-order valence-electron chi connectivity index (χ4n) is 4.98. The van der Waals surface area contributed by atoms with Gasteiger partial charge in [-0.1, -0.05) is 30.3 Å². The minimum atomic E-state index is -1.49. The molecule has 44 heavy (non-hydrogen) atoms. The number of unbranched alkanes of at least 4 members (excludes halogenated alkanes) is 1. The molecule has 0 aliphatic carbocycles. The van der Waals surface area contributed by atoms with Crippen molar-refractivity contribution in [3.05, 3.63) is 35.9 Å². The van der Waals surface area contributed by atoms with Crippen LogP contribution in [0.25, 0.3) is 0 Å². The Kier molecular flexibility index (Phi) is 13.7. The Morgan fingerprint density at radius 3 is 1.59 bits per heavy atom. The van der Waals surface area contributed by atoms with Crippen molar-refractivity contribution in [2.75, 3.05) is 6.54 Å². The van der Waals surface area contributed by atoms with Crippen LogP contribution < -0.4 is 0 Å². The van der Waals surface area contributed by atoms with Gasteiger partial charge in [0.05, 0.1) is 0 Å². The van der Waals surface area contributed by atoms with E-state index in [2.05, 4.69) is 0 Å². The van der Waals surface area contributed by atoms with Gasteiger partial charge in [0.25, 0.3) is 0 Å². The lowest BCUT2D eigenvalue weighted by molar-refractivity contribution is -0.147. The van der Waals surface area contributed by atoms with Crippen LogP contribution in [0.3, 0.4) is 0 Å². The van der Waals surface area contributed by atoms with Crippen LogP contribution in [-0.4, -0.2) is 95.3 Å². The molecule has 0 bridgehead atoms. The fourth-order valence-corrected chi connectivity index (χ4v) is 4.98. The van der Waals surface area contributed by atoms with Gasteiger partial charge in [-0.25, -0.2) is 19.2 Å². The largest absolute Gasteiger partial charge is 0.481 e. The molecule has 1 aromatic rings. The summed E-state index contributed by atoms with van der Waals surface area (Å²) in [7, 11) is 0. The quantitative estimate of drug-likeness (QED) is 0.221. The van der Waals surface area contributed by atoms with Gasteiger partial charge in [0.1, 0.15) is 18.7 Å². The van der Waals surface area contributed by atoms with Gasteiger partial charge in [0, 0.05) is 29.6 Å². The van der Waals surface area contributed by atoms with E-state index in [-0.39, 0.29) is 26.0 Å². The molecule has 0 unspecified atom stereocenters. The Balaban J connectivity index is 3.19. The van der Waals surface area contributed by atoms with Crippen molar-refractivity contribution in [3.63, 3.8) is 0 Å². The SMILES string of the molecule is CC(C)(C)N(CCCC[C@@H](C(=O)O)N(C(=O)N([C@@H](CCC(=O)O)C(=O)O)C(C)(C)C)C(C)(C)C)C(=O)OCc1ccccc1. The number of carboxylic acids is 3. The molecule has 12 heteroatoms. The molecule has 2 atom stereocenters. The van der Waals surface area contributed by atoms with Crippen LogP contribution in [0.1, 0.15) is 100.0 Å². The Hall–Kier alpha value is -3.83. The van der Waals surface area contributed by atoms with Crippen molar-refractivity contribution in [1.82, 2.24) is 14.7 Å². The van der Waals surface area contributed by atoms with Crippen molar-refractivity contribution in [3.8, 4) is 0 Å². The molecule has 3 N–H and O–H groups in total. The Labute approximate surface area is 261 Å². The Bertz CT molecular complexity index is 1130. The van der Waals surface area contributed by atoms with Gasteiger partial charge in [-0.15, -0.1) is 0 Å². The first-order chi connectivity index (χ1) is 20.1.